The van der Waals surface area contributed by atoms with E-state index in [0.717, 1.165) is 6.42 Å². The highest BCUT2D eigenvalue weighted by molar-refractivity contribution is 5.79. The standard InChI is InChI=1S/C19H20F2N4O2/c1-24(19(26)13-6-7-27-10-13)15-8-25(9-15)18-16(21)17(22-11-23-18)12-2-4-14(20)5-3-12/h2-5,11,13,15H,6-10H2,1H3. The monoisotopic (exact) mass is 374 g/mol. The lowest BCUT2D eigenvalue weighted by molar-refractivity contribution is -0.136. The molecule has 142 valence electrons. The summed E-state index contributed by atoms with van der Waals surface area (Å²) >= 11 is 0. The van der Waals surface area contributed by atoms with Gasteiger partial charge < -0.3 is 14.5 Å². The van der Waals surface area contributed by atoms with Gasteiger partial charge in [-0.2, -0.15) is 0 Å². The Hall–Kier alpha value is -2.61. The van der Waals surface area contributed by atoms with E-state index in [-0.39, 0.29) is 35.2 Å². The van der Waals surface area contributed by atoms with Crippen molar-refractivity contribution in [1.82, 2.24) is 14.9 Å². The Balaban J connectivity index is 1.45. The van der Waals surface area contributed by atoms with Gasteiger partial charge in [-0.15, -0.1) is 0 Å². The molecule has 0 radical (unpaired) electrons. The van der Waals surface area contributed by atoms with Crippen molar-refractivity contribution in [2.24, 2.45) is 5.92 Å². The van der Waals surface area contributed by atoms with Crippen LogP contribution in [0.1, 0.15) is 6.42 Å². The van der Waals surface area contributed by atoms with E-state index >= 15 is 0 Å². The smallest absolute Gasteiger partial charge is 0.228 e. The third kappa shape index (κ3) is 3.37. The van der Waals surface area contributed by atoms with Crippen LogP contribution in [-0.4, -0.2) is 60.2 Å². The first-order valence-corrected chi connectivity index (χ1v) is 8.90. The second kappa shape index (κ2) is 7.19. The fourth-order valence-corrected chi connectivity index (χ4v) is 3.46. The van der Waals surface area contributed by atoms with E-state index < -0.39 is 5.82 Å². The number of benzene rings is 1. The third-order valence-corrected chi connectivity index (χ3v) is 5.22. The summed E-state index contributed by atoms with van der Waals surface area (Å²) in [6.45, 7) is 2.11. The van der Waals surface area contributed by atoms with Crippen LogP contribution < -0.4 is 4.90 Å². The van der Waals surface area contributed by atoms with Gasteiger partial charge in [-0.1, -0.05) is 0 Å². The second-order valence-corrected chi connectivity index (χ2v) is 6.94. The molecule has 1 atom stereocenters. The second-order valence-electron chi connectivity index (χ2n) is 6.94. The number of hydrogen-bond acceptors (Lipinski definition) is 5. The molecule has 8 heteroatoms. The molecule has 27 heavy (non-hydrogen) atoms. The summed E-state index contributed by atoms with van der Waals surface area (Å²) in [5.41, 5.74) is 0.624. The summed E-state index contributed by atoms with van der Waals surface area (Å²) in [6.07, 6.45) is 2.05. The zero-order chi connectivity index (χ0) is 19.0. The minimum atomic E-state index is -0.541. The quantitative estimate of drug-likeness (QED) is 0.820. The normalized spacial score (nSPS) is 19.8. The van der Waals surface area contributed by atoms with Crippen molar-refractivity contribution in [3.05, 3.63) is 42.2 Å². The van der Waals surface area contributed by atoms with Crippen LogP contribution in [0.15, 0.2) is 30.6 Å². The Morgan fingerprint density at radius 1 is 1.22 bits per heavy atom. The lowest BCUT2D eigenvalue weighted by Gasteiger charge is -2.45. The molecule has 0 saturated carbocycles. The van der Waals surface area contributed by atoms with Gasteiger partial charge in [0.2, 0.25) is 5.91 Å². The molecular formula is C19H20F2N4O2. The Labute approximate surface area is 155 Å². The number of rotatable bonds is 4. The summed E-state index contributed by atoms with van der Waals surface area (Å²) in [7, 11) is 1.78. The zero-order valence-corrected chi connectivity index (χ0v) is 14.9. The van der Waals surface area contributed by atoms with Gasteiger partial charge in [0.25, 0.3) is 0 Å². The van der Waals surface area contributed by atoms with Crippen LogP contribution in [0, 0.1) is 17.6 Å². The van der Waals surface area contributed by atoms with Gasteiger partial charge in [0, 0.05) is 32.3 Å². The number of anilines is 1. The van der Waals surface area contributed by atoms with Crippen LogP contribution in [0.25, 0.3) is 11.3 Å². The van der Waals surface area contributed by atoms with E-state index in [4.69, 9.17) is 4.74 Å². The van der Waals surface area contributed by atoms with E-state index in [1.807, 2.05) is 0 Å². The molecule has 0 spiro atoms. The van der Waals surface area contributed by atoms with Crippen LogP contribution in [0.3, 0.4) is 0 Å². The van der Waals surface area contributed by atoms with Crippen molar-refractivity contribution in [3.63, 3.8) is 0 Å². The van der Waals surface area contributed by atoms with E-state index in [1.54, 1.807) is 16.8 Å². The van der Waals surface area contributed by atoms with E-state index in [1.165, 1.54) is 30.6 Å². The number of carbonyl (C=O) groups excluding carboxylic acids is 1. The zero-order valence-electron chi connectivity index (χ0n) is 14.9. The maximum absolute atomic E-state index is 14.9. The van der Waals surface area contributed by atoms with E-state index in [9.17, 15) is 13.6 Å². The largest absolute Gasteiger partial charge is 0.381 e. The lowest BCUT2D eigenvalue weighted by atomic mass is 10.0. The van der Waals surface area contributed by atoms with Crippen molar-refractivity contribution in [2.45, 2.75) is 12.5 Å². The molecule has 2 saturated heterocycles. The molecule has 2 aliphatic rings. The van der Waals surface area contributed by atoms with Gasteiger partial charge in [-0.25, -0.2) is 18.7 Å². The fourth-order valence-electron chi connectivity index (χ4n) is 3.46. The van der Waals surface area contributed by atoms with Gasteiger partial charge >= 0.3 is 0 Å². The summed E-state index contributed by atoms with van der Waals surface area (Å²) < 4.78 is 33.3. The molecule has 2 aromatic rings. The highest BCUT2D eigenvalue weighted by Crippen LogP contribution is 2.30. The highest BCUT2D eigenvalue weighted by Gasteiger charge is 2.37. The first-order chi connectivity index (χ1) is 13.0. The van der Waals surface area contributed by atoms with Crippen molar-refractivity contribution < 1.29 is 18.3 Å². The van der Waals surface area contributed by atoms with Crippen LogP contribution in [0.4, 0.5) is 14.6 Å². The van der Waals surface area contributed by atoms with Gasteiger partial charge in [-0.05, 0) is 30.7 Å². The number of halogens is 2. The SMILES string of the molecule is CN(C(=O)C1CCOC1)C1CN(c2ncnc(-c3ccc(F)cc3)c2F)C1. The van der Waals surface area contributed by atoms with Crippen LogP contribution in [0.5, 0.6) is 0 Å². The minimum absolute atomic E-state index is 0.0155. The Kier molecular flexibility index (Phi) is 4.73. The molecule has 2 aliphatic heterocycles. The van der Waals surface area contributed by atoms with Crippen LogP contribution in [-0.2, 0) is 9.53 Å². The molecule has 0 bridgehead atoms. The summed E-state index contributed by atoms with van der Waals surface area (Å²) in [5, 5.41) is 0. The fraction of sp³-hybridized carbons (Fsp3) is 0.421. The van der Waals surface area contributed by atoms with Gasteiger partial charge in [0.05, 0.1) is 18.6 Å². The number of carbonyl (C=O) groups is 1. The van der Waals surface area contributed by atoms with Crippen LogP contribution in [0.2, 0.25) is 0 Å². The van der Waals surface area contributed by atoms with Crippen molar-refractivity contribution in [1.29, 1.82) is 0 Å². The molecular weight excluding hydrogens is 354 g/mol. The third-order valence-electron chi connectivity index (χ3n) is 5.22. The molecule has 1 aromatic heterocycles. The van der Waals surface area contributed by atoms with Gasteiger partial charge in [0.15, 0.2) is 11.6 Å². The highest BCUT2D eigenvalue weighted by atomic mass is 19.1. The van der Waals surface area contributed by atoms with Crippen molar-refractivity contribution in [3.8, 4) is 11.3 Å². The van der Waals surface area contributed by atoms with Crippen LogP contribution >= 0.6 is 0 Å². The summed E-state index contributed by atoms with van der Waals surface area (Å²) in [5.74, 6) is -0.733. The van der Waals surface area contributed by atoms with E-state index in [2.05, 4.69) is 9.97 Å². The van der Waals surface area contributed by atoms with E-state index in [0.29, 0.717) is 31.9 Å². The Morgan fingerprint density at radius 2 is 1.96 bits per heavy atom. The molecule has 4 rings (SSSR count). The molecule has 1 amide bonds. The average molecular weight is 374 g/mol. The molecule has 0 N–H and O–H groups in total. The topological polar surface area (TPSA) is 58.6 Å². The number of nitrogens with zero attached hydrogens (tertiary/aromatic N) is 4. The number of likely N-dealkylation sites (N-methyl/N-ethyl adjacent to an activating group) is 1. The summed E-state index contributed by atoms with van der Waals surface area (Å²) in [4.78, 5) is 24.0. The van der Waals surface area contributed by atoms with Crippen molar-refractivity contribution in [2.75, 3.05) is 38.3 Å². The van der Waals surface area contributed by atoms with Gasteiger partial charge in [0.1, 0.15) is 17.8 Å². The number of aromatic nitrogens is 2. The average Bonchev–Trinajstić information content (AvgIpc) is 3.16. The molecule has 6 nitrogen and oxygen atoms in total. The Bertz CT molecular complexity index is 834. The predicted octanol–water partition coefficient (Wildman–Crippen LogP) is 2.11. The number of ether oxygens (including phenoxy) is 1. The Morgan fingerprint density at radius 3 is 2.63 bits per heavy atom. The number of amides is 1. The maximum atomic E-state index is 14.9. The van der Waals surface area contributed by atoms with Gasteiger partial charge in [-0.3, -0.25) is 4.79 Å². The van der Waals surface area contributed by atoms with Crippen molar-refractivity contribution >= 4 is 11.7 Å². The molecule has 1 aromatic carbocycles. The molecule has 1 unspecified atom stereocenters. The summed E-state index contributed by atoms with van der Waals surface area (Å²) in [6, 6.07) is 5.52. The molecule has 0 aliphatic carbocycles. The first-order valence-electron chi connectivity index (χ1n) is 8.90. The minimum Gasteiger partial charge on any atom is -0.381 e. The molecule has 2 fully saturated rings. The number of hydrogen-bond donors (Lipinski definition) is 0. The first kappa shape index (κ1) is 17.8. The lowest BCUT2D eigenvalue weighted by Crippen LogP contribution is -2.61. The predicted molar refractivity (Wildman–Crippen MR) is 95.1 cm³/mol. The maximum Gasteiger partial charge on any atom is 0.228 e. The molecule has 3 heterocycles.